The van der Waals surface area contributed by atoms with Crippen LogP contribution < -0.4 is 0 Å². The van der Waals surface area contributed by atoms with E-state index in [2.05, 4.69) is 41.5 Å². The Morgan fingerprint density at radius 2 is 1.43 bits per heavy atom. The van der Waals surface area contributed by atoms with Crippen molar-refractivity contribution in [2.24, 2.45) is 16.2 Å². The fraction of sp³-hybridized carbons (Fsp3) is 0.583. The zero-order chi connectivity index (χ0) is 21.6. The quantitative estimate of drug-likeness (QED) is 0.347. The lowest BCUT2D eigenvalue weighted by Gasteiger charge is -2.43. The largest absolute Gasteiger partial charge is 0.462 e. The summed E-state index contributed by atoms with van der Waals surface area (Å²) in [5, 5.41) is 0. The van der Waals surface area contributed by atoms with Gasteiger partial charge in [-0.3, -0.25) is 4.79 Å². The van der Waals surface area contributed by atoms with Crippen LogP contribution in [-0.4, -0.2) is 25.2 Å². The molecule has 0 heterocycles. The molecule has 0 aliphatic heterocycles. The molecule has 28 heavy (non-hydrogen) atoms. The number of benzene rings is 1. The average Bonchev–Trinajstić information content (AvgIpc) is 2.55. The van der Waals surface area contributed by atoms with Gasteiger partial charge in [0, 0.05) is 6.08 Å². The van der Waals surface area contributed by atoms with Crippen molar-refractivity contribution in [2.75, 3.05) is 13.2 Å². The number of carbonyl (C=O) groups is 2. The lowest BCUT2D eigenvalue weighted by molar-refractivity contribution is -0.167. The molecule has 4 heteroatoms. The van der Waals surface area contributed by atoms with Crippen molar-refractivity contribution < 1.29 is 19.1 Å². The van der Waals surface area contributed by atoms with Gasteiger partial charge in [-0.15, -0.1) is 0 Å². The van der Waals surface area contributed by atoms with Gasteiger partial charge in [0.2, 0.25) is 0 Å². The van der Waals surface area contributed by atoms with Gasteiger partial charge in [-0.25, -0.2) is 4.79 Å². The number of rotatable bonds is 7. The van der Waals surface area contributed by atoms with Crippen LogP contribution in [0.4, 0.5) is 0 Å². The molecule has 4 nitrogen and oxygen atoms in total. The normalized spacial score (nSPS) is 14.6. The van der Waals surface area contributed by atoms with Gasteiger partial charge < -0.3 is 9.47 Å². The van der Waals surface area contributed by atoms with Gasteiger partial charge >= 0.3 is 11.9 Å². The van der Waals surface area contributed by atoms with Crippen LogP contribution in [0.3, 0.4) is 0 Å². The highest BCUT2D eigenvalue weighted by Gasteiger charge is 2.47. The second-order valence-corrected chi connectivity index (χ2v) is 9.87. The molecule has 1 atom stereocenters. The lowest BCUT2D eigenvalue weighted by Crippen LogP contribution is -2.44. The summed E-state index contributed by atoms with van der Waals surface area (Å²) >= 11 is 0. The Hall–Kier alpha value is -2.10. The number of esters is 2. The maximum Gasteiger partial charge on any atom is 0.330 e. The standard InChI is InChI=1S/C24H36O4/c1-18-9-11-19(12-10-18)13-14-20(25)27-15-16-28-21(26)24(8,23(5,6)7)17-22(2,3)4/h9-14H,15-17H2,1-8H3/b14-13+. The molecular formula is C24H36O4. The topological polar surface area (TPSA) is 52.6 Å². The Morgan fingerprint density at radius 3 is 1.93 bits per heavy atom. The van der Waals surface area contributed by atoms with E-state index < -0.39 is 11.4 Å². The molecule has 0 aliphatic carbocycles. The summed E-state index contributed by atoms with van der Waals surface area (Å²) in [7, 11) is 0. The summed E-state index contributed by atoms with van der Waals surface area (Å²) < 4.78 is 10.6. The van der Waals surface area contributed by atoms with Crippen molar-refractivity contribution in [1.29, 1.82) is 0 Å². The Kier molecular flexibility index (Phi) is 8.04. The fourth-order valence-corrected chi connectivity index (χ4v) is 3.03. The first-order chi connectivity index (χ1) is 12.7. The van der Waals surface area contributed by atoms with E-state index in [1.165, 1.54) is 6.08 Å². The summed E-state index contributed by atoms with van der Waals surface area (Å²) in [5.74, 6) is -0.703. The van der Waals surface area contributed by atoms with Gasteiger partial charge in [-0.2, -0.15) is 0 Å². The number of ether oxygens (including phenoxy) is 2. The maximum atomic E-state index is 12.8. The third-order valence-corrected chi connectivity index (χ3v) is 5.04. The predicted molar refractivity (Wildman–Crippen MR) is 114 cm³/mol. The second kappa shape index (κ2) is 9.40. The molecule has 0 spiro atoms. The first-order valence-electron chi connectivity index (χ1n) is 9.83. The van der Waals surface area contributed by atoms with Gasteiger partial charge in [0.05, 0.1) is 5.41 Å². The van der Waals surface area contributed by atoms with E-state index in [4.69, 9.17) is 9.47 Å². The minimum atomic E-state index is -0.624. The zero-order valence-electron chi connectivity index (χ0n) is 18.7. The van der Waals surface area contributed by atoms with E-state index in [-0.39, 0.29) is 30.0 Å². The molecule has 1 unspecified atom stereocenters. The third-order valence-electron chi connectivity index (χ3n) is 5.04. The molecule has 1 aromatic rings. The summed E-state index contributed by atoms with van der Waals surface area (Å²) in [5.41, 5.74) is 1.21. The van der Waals surface area contributed by atoms with Crippen LogP contribution in [0, 0.1) is 23.2 Å². The molecule has 0 aliphatic rings. The van der Waals surface area contributed by atoms with Crippen LogP contribution in [0.2, 0.25) is 0 Å². The number of hydrogen-bond donors (Lipinski definition) is 0. The van der Waals surface area contributed by atoms with Crippen LogP contribution in [0.25, 0.3) is 6.08 Å². The van der Waals surface area contributed by atoms with E-state index >= 15 is 0 Å². The second-order valence-electron chi connectivity index (χ2n) is 9.87. The monoisotopic (exact) mass is 388 g/mol. The Morgan fingerprint density at radius 1 is 0.893 bits per heavy atom. The molecule has 0 fully saturated rings. The van der Waals surface area contributed by atoms with Gasteiger partial charge in [0.25, 0.3) is 0 Å². The Balaban J connectivity index is 2.53. The van der Waals surface area contributed by atoms with Gasteiger partial charge in [0.15, 0.2) is 0 Å². The van der Waals surface area contributed by atoms with Crippen LogP contribution in [-0.2, 0) is 19.1 Å². The van der Waals surface area contributed by atoms with E-state index in [1.807, 2.05) is 38.1 Å². The van der Waals surface area contributed by atoms with E-state index in [0.29, 0.717) is 6.42 Å². The summed E-state index contributed by atoms with van der Waals surface area (Å²) in [4.78, 5) is 24.6. The van der Waals surface area contributed by atoms with Crippen LogP contribution in [0.5, 0.6) is 0 Å². The van der Waals surface area contributed by atoms with Crippen molar-refractivity contribution in [1.82, 2.24) is 0 Å². The van der Waals surface area contributed by atoms with E-state index in [9.17, 15) is 9.59 Å². The molecule has 0 radical (unpaired) electrons. The molecule has 0 aromatic heterocycles. The molecular weight excluding hydrogens is 352 g/mol. The van der Waals surface area contributed by atoms with Gasteiger partial charge in [0.1, 0.15) is 13.2 Å². The summed E-state index contributed by atoms with van der Waals surface area (Å²) in [6, 6.07) is 7.83. The maximum absolute atomic E-state index is 12.8. The van der Waals surface area contributed by atoms with Crippen LogP contribution >= 0.6 is 0 Å². The highest BCUT2D eigenvalue weighted by molar-refractivity contribution is 5.87. The lowest BCUT2D eigenvalue weighted by atomic mass is 9.61. The summed E-state index contributed by atoms with van der Waals surface area (Å²) in [6.45, 7) is 16.6. The van der Waals surface area contributed by atoms with Crippen LogP contribution in [0.15, 0.2) is 30.3 Å². The predicted octanol–water partition coefficient (Wildman–Crippen LogP) is 5.58. The molecule has 0 amide bonds. The number of aryl methyl sites for hydroxylation is 1. The molecule has 1 rings (SSSR count). The van der Waals surface area contributed by atoms with Crippen LogP contribution in [0.1, 0.15) is 66.0 Å². The van der Waals surface area contributed by atoms with Crippen molar-refractivity contribution in [2.45, 2.75) is 61.8 Å². The highest BCUT2D eigenvalue weighted by atomic mass is 16.6. The molecule has 0 bridgehead atoms. The van der Waals surface area contributed by atoms with Crippen molar-refractivity contribution in [3.8, 4) is 0 Å². The van der Waals surface area contributed by atoms with Gasteiger partial charge in [-0.05, 0) is 42.7 Å². The number of carbonyl (C=O) groups excluding carboxylic acids is 2. The van der Waals surface area contributed by atoms with Crippen molar-refractivity contribution >= 4 is 18.0 Å². The minimum absolute atomic E-state index is 0.00567. The van der Waals surface area contributed by atoms with E-state index in [0.717, 1.165) is 11.1 Å². The SMILES string of the molecule is Cc1ccc(/C=C/C(=O)OCCOC(=O)C(C)(CC(C)(C)C)C(C)(C)C)cc1. The zero-order valence-corrected chi connectivity index (χ0v) is 18.7. The molecule has 1 aromatic carbocycles. The average molecular weight is 389 g/mol. The summed E-state index contributed by atoms with van der Waals surface area (Å²) in [6.07, 6.45) is 3.79. The Labute approximate surface area is 170 Å². The fourth-order valence-electron chi connectivity index (χ4n) is 3.03. The molecule has 0 saturated heterocycles. The number of hydrogen-bond acceptors (Lipinski definition) is 4. The van der Waals surface area contributed by atoms with Gasteiger partial charge in [-0.1, -0.05) is 71.4 Å². The smallest absolute Gasteiger partial charge is 0.330 e. The minimum Gasteiger partial charge on any atom is -0.462 e. The van der Waals surface area contributed by atoms with E-state index in [1.54, 1.807) is 6.08 Å². The molecule has 0 N–H and O–H groups in total. The Bertz CT molecular complexity index is 687. The highest BCUT2D eigenvalue weighted by Crippen LogP contribution is 2.47. The molecule has 156 valence electrons. The van der Waals surface area contributed by atoms with Crippen molar-refractivity contribution in [3.63, 3.8) is 0 Å². The molecule has 0 saturated carbocycles. The third kappa shape index (κ3) is 7.49. The first kappa shape index (κ1) is 23.9. The first-order valence-corrected chi connectivity index (χ1v) is 9.83. The van der Waals surface area contributed by atoms with Crippen molar-refractivity contribution in [3.05, 3.63) is 41.5 Å².